The van der Waals surface area contributed by atoms with Crippen LogP contribution in [0.3, 0.4) is 0 Å². The summed E-state index contributed by atoms with van der Waals surface area (Å²) in [4.78, 5) is 55.7. The Balaban J connectivity index is 1.20. The highest BCUT2D eigenvalue weighted by Crippen LogP contribution is 2.48. The molecule has 5 heterocycles. The number of amides is 1. The van der Waals surface area contributed by atoms with Gasteiger partial charge in [0.2, 0.25) is 11.8 Å². The third-order valence-corrected chi connectivity index (χ3v) is 11.4. The van der Waals surface area contributed by atoms with Crippen molar-refractivity contribution < 1.29 is 18.4 Å². The molecule has 1 N–H and O–H groups in total. The Morgan fingerprint density at radius 3 is 2.65 bits per heavy atom. The first-order chi connectivity index (χ1) is 20.5. The Hall–Kier alpha value is -3.25. The van der Waals surface area contributed by atoms with Crippen LogP contribution in [0.25, 0.3) is 10.2 Å². The zero-order valence-electron chi connectivity index (χ0n) is 24.7. The van der Waals surface area contributed by atoms with E-state index in [0.29, 0.717) is 36.0 Å². The summed E-state index contributed by atoms with van der Waals surface area (Å²) in [5, 5.41) is 4.11. The van der Waals surface area contributed by atoms with Gasteiger partial charge in [0.05, 0.1) is 16.6 Å². The first-order valence-electron chi connectivity index (χ1n) is 15.2. The predicted molar refractivity (Wildman–Crippen MR) is 161 cm³/mol. The molecule has 7 rings (SSSR count). The lowest BCUT2D eigenvalue weighted by Gasteiger charge is -2.39. The van der Waals surface area contributed by atoms with Crippen molar-refractivity contribution in [2.24, 2.45) is 5.92 Å². The maximum absolute atomic E-state index is 14.1. The van der Waals surface area contributed by atoms with Crippen LogP contribution in [0.1, 0.15) is 71.9 Å². The van der Waals surface area contributed by atoms with Gasteiger partial charge in [-0.15, -0.1) is 11.3 Å². The molecule has 9 nitrogen and oxygen atoms in total. The zero-order valence-corrected chi connectivity index (χ0v) is 25.5. The zero-order chi connectivity index (χ0) is 30.3. The van der Waals surface area contributed by atoms with Gasteiger partial charge >= 0.3 is 0 Å². The number of anilines is 2. The molecule has 43 heavy (non-hydrogen) atoms. The van der Waals surface area contributed by atoms with Gasteiger partial charge in [-0.1, -0.05) is 0 Å². The number of pyridine rings is 1. The minimum atomic E-state index is -2.78. The van der Waals surface area contributed by atoms with E-state index in [0.717, 1.165) is 46.7 Å². The molecule has 3 aromatic heterocycles. The molecule has 12 heteroatoms. The van der Waals surface area contributed by atoms with Crippen LogP contribution in [0.4, 0.5) is 20.3 Å². The number of Topliss-reactive ketones (excluding diaryl/α,β-unsaturated/α-hetero) is 1. The summed E-state index contributed by atoms with van der Waals surface area (Å²) in [6, 6.07) is 2.00. The van der Waals surface area contributed by atoms with E-state index in [-0.39, 0.29) is 61.0 Å². The molecule has 1 amide bonds. The molecular weight excluding hydrogens is 574 g/mol. The van der Waals surface area contributed by atoms with Gasteiger partial charge in [0, 0.05) is 55.7 Å². The summed E-state index contributed by atoms with van der Waals surface area (Å²) in [6.07, 6.45) is 3.15. The molecule has 0 bridgehead atoms. The van der Waals surface area contributed by atoms with Gasteiger partial charge in [-0.05, 0) is 70.2 Å². The number of ketones is 1. The standard InChI is InChI=1S/C31H36F2N6O3S/c1-17-12-21(29(42)39-25(17)22(40)14-30(39)6-8-31(32,33)9-7-30)36-26-24-20-5-4-19(13-23(20)43-27(24)35-16-34-26)28(41)38-11-10-37(3)18(2)15-38/h12,16,18-19H,4-11,13-15H2,1-3H3,(H,34,35,36)/t18-,19+/m1/s1. The Morgan fingerprint density at radius 1 is 1.14 bits per heavy atom. The van der Waals surface area contributed by atoms with Gasteiger partial charge in [0.25, 0.3) is 5.56 Å². The first kappa shape index (κ1) is 28.5. The lowest BCUT2D eigenvalue weighted by atomic mass is 9.78. The van der Waals surface area contributed by atoms with Crippen LogP contribution in [0.2, 0.25) is 0 Å². The molecule has 2 atom stereocenters. The number of aryl methyl sites for hydroxylation is 2. The maximum atomic E-state index is 14.1. The number of rotatable bonds is 3. The molecule has 4 aliphatic rings. The fraction of sp³-hybridized carbons (Fsp3) is 0.581. The van der Waals surface area contributed by atoms with Gasteiger partial charge in [-0.25, -0.2) is 18.7 Å². The van der Waals surface area contributed by atoms with Crippen LogP contribution in [0.5, 0.6) is 0 Å². The SMILES string of the molecule is Cc1cc(Nc2ncnc3sc4c(c23)CC[C@H](C(=O)N2CCN(C)[C@H](C)C2)C4)c(=O)n2c1C(=O)CC21CCC(F)(F)CC1. The number of likely N-dealkylation sites (N-methyl/N-ethyl adjacent to an activating group) is 1. The third-order valence-electron chi connectivity index (χ3n) is 10.3. The molecule has 1 saturated heterocycles. The van der Waals surface area contributed by atoms with Crippen molar-refractivity contribution in [3.63, 3.8) is 0 Å². The van der Waals surface area contributed by atoms with Gasteiger partial charge in [-0.2, -0.15) is 0 Å². The fourth-order valence-electron chi connectivity index (χ4n) is 7.63. The highest BCUT2D eigenvalue weighted by molar-refractivity contribution is 7.19. The quantitative estimate of drug-likeness (QED) is 0.460. The molecule has 0 unspecified atom stereocenters. The molecular formula is C31H36F2N6O3S. The van der Waals surface area contributed by atoms with Crippen LogP contribution in [0, 0.1) is 12.8 Å². The van der Waals surface area contributed by atoms with E-state index >= 15 is 0 Å². The molecule has 1 spiro atoms. The van der Waals surface area contributed by atoms with E-state index in [2.05, 4.69) is 34.2 Å². The summed E-state index contributed by atoms with van der Waals surface area (Å²) >= 11 is 1.57. The number of alkyl halides is 2. The highest BCUT2D eigenvalue weighted by Gasteiger charge is 2.51. The summed E-state index contributed by atoms with van der Waals surface area (Å²) in [5.74, 6) is -2.29. The lowest BCUT2D eigenvalue weighted by Crippen LogP contribution is -2.53. The van der Waals surface area contributed by atoms with Crippen molar-refractivity contribution in [2.45, 2.75) is 82.7 Å². The summed E-state index contributed by atoms with van der Waals surface area (Å²) < 4.78 is 29.7. The minimum absolute atomic E-state index is 0.0684. The van der Waals surface area contributed by atoms with Gasteiger partial charge in [0.1, 0.15) is 22.7 Å². The highest BCUT2D eigenvalue weighted by atomic mass is 32.1. The number of hydrogen-bond donors (Lipinski definition) is 1. The fourth-order valence-corrected chi connectivity index (χ4v) is 8.89. The van der Waals surface area contributed by atoms with E-state index in [9.17, 15) is 23.2 Å². The number of hydrogen-bond acceptors (Lipinski definition) is 8. The number of fused-ring (bicyclic) bond motifs is 5. The second-order valence-corrected chi connectivity index (χ2v) is 14.1. The number of thiophene rings is 1. The van der Waals surface area contributed by atoms with Crippen molar-refractivity contribution in [1.29, 1.82) is 0 Å². The average molecular weight is 611 g/mol. The van der Waals surface area contributed by atoms with E-state index in [1.807, 2.05) is 4.90 Å². The first-order valence-corrected chi connectivity index (χ1v) is 16.0. The second-order valence-electron chi connectivity index (χ2n) is 13.0. The van der Waals surface area contributed by atoms with Gasteiger partial charge < -0.3 is 15.1 Å². The van der Waals surface area contributed by atoms with Crippen LogP contribution in [0.15, 0.2) is 17.2 Å². The van der Waals surface area contributed by atoms with E-state index in [4.69, 9.17) is 0 Å². The molecule has 2 fully saturated rings. The number of carbonyl (C=O) groups excluding carboxylic acids is 2. The van der Waals surface area contributed by atoms with Crippen LogP contribution < -0.4 is 10.9 Å². The molecule has 3 aromatic rings. The van der Waals surface area contributed by atoms with Crippen LogP contribution in [-0.2, 0) is 23.2 Å². The number of aromatic nitrogens is 3. The maximum Gasteiger partial charge on any atom is 0.275 e. The van der Waals surface area contributed by atoms with E-state index in [1.165, 1.54) is 10.9 Å². The molecule has 0 radical (unpaired) electrons. The van der Waals surface area contributed by atoms with Crippen molar-refractivity contribution >= 4 is 44.7 Å². The van der Waals surface area contributed by atoms with Crippen molar-refractivity contribution in [3.05, 3.63) is 44.4 Å². The van der Waals surface area contributed by atoms with Gasteiger partial charge in [-0.3, -0.25) is 19.0 Å². The smallest absolute Gasteiger partial charge is 0.275 e. The molecule has 0 aromatic carbocycles. The largest absolute Gasteiger partial charge is 0.340 e. The third kappa shape index (κ3) is 4.68. The lowest BCUT2D eigenvalue weighted by molar-refractivity contribution is -0.138. The van der Waals surface area contributed by atoms with Crippen molar-refractivity contribution in [1.82, 2.24) is 24.3 Å². The molecule has 2 aliphatic carbocycles. The minimum Gasteiger partial charge on any atom is -0.340 e. The molecule has 228 valence electrons. The predicted octanol–water partition coefficient (Wildman–Crippen LogP) is 4.66. The topological polar surface area (TPSA) is 100 Å². The number of carbonyl (C=O) groups is 2. The van der Waals surface area contributed by atoms with E-state index in [1.54, 1.807) is 24.3 Å². The van der Waals surface area contributed by atoms with Crippen LogP contribution >= 0.6 is 11.3 Å². The second kappa shape index (κ2) is 10.2. The monoisotopic (exact) mass is 610 g/mol. The number of halogens is 2. The van der Waals surface area contributed by atoms with Crippen molar-refractivity contribution in [3.8, 4) is 0 Å². The Bertz CT molecular complexity index is 1710. The van der Waals surface area contributed by atoms with Gasteiger partial charge in [0.15, 0.2) is 5.78 Å². The number of piperazine rings is 1. The summed E-state index contributed by atoms with van der Waals surface area (Å²) in [5.41, 5.74) is 1.03. The Kier molecular flexibility index (Phi) is 6.73. The Labute approximate surface area is 252 Å². The number of nitrogens with zero attached hydrogens (tertiary/aromatic N) is 5. The normalized spacial score (nSPS) is 24.8. The number of nitrogens with one attached hydrogen (secondary N) is 1. The molecule has 1 saturated carbocycles. The summed E-state index contributed by atoms with van der Waals surface area (Å²) in [6.45, 7) is 6.31. The summed E-state index contributed by atoms with van der Waals surface area (Å²) in [7, 11) is 2.09. The Morgan fingerprint density at radius 2 is 1.91 bits per heavy atom. The van der Waals surface area contributed by atoms with Crippen molar-refractivity contribution in [2.75, 3.05) is 32.0 Å². The average Bonchev–Trinajstić information content (AvgIpc) is 3.49. The molecule has 2 aliphatic heterocycles. The van der Waals surface area contributed by atoms with E-state index < -0.39 is 11.5 Å². The van der Waals surface area contributed by atoms with Crippen LogP contribution in [-0.4, -0.2) is 74.7 Å².